The quantitative estimate of drug-likeness (QED) is 0.883. The maximum absolute atomic E-state index is 12.1. The zero-order valence-electron chi connectivity index (χ0n) is 13.3. The van der Waals surface area contributed by atoms with E-state index in [1.807, 2.05) is 14.1 Å². The van der Waals surface area contributed by atoms with Gasteiger partial charge in [-0.2, -0.15) is 15.0 Å². The number of ether oxygens (including phenoxy) is 1. The molecule has 1 N–H and O–H groups in total. The molecule has 0 aliphatic carbocycles. The van der Waals surface area contributed by atoms with Crippen molar-refractivity contribution in [3.8, 4) is 6.01 Å². The van der Waals surface area contributed by atoms with Crippen molar-refractivity contribution >= 4 is 11.9 Å². The van der Waals surface area contributed by atoms with Gasteiger partial charge < -0.3 is 19.4 Å². The Morgan fingerprint density at radius 2 is 2.05 bits per heavy atom. The van der Waals surface area contributed by atoms with E-state index in [1.54, 1.807) is 24.8 Å². The maximum atomic E-state index is 12.1. The fraction of sp³-hybridized carbons (Fsp3) is 0.429. The smallest absolute Gasteiger partial charge is 0.321 e. The van der Waals surface area contributed by atoms with E-state index < -0.39 is 0 Å². The van der Waals surface area contributed by atoms with Gasteiger partial charge in [0.15, 0.2) is 5.82 Å². The average molecular weight is 305 g/mol. The zero-order valence-corrected chi connectivity index (χ0v) is 13.3. The number of anilines is 1. The van der Waals surface area contributed by atoms with E-state index in [0.717, 1.165) is 0 Å². The number of rotatable bonds is 5. The number of nitrogens with one attached hydrogen (secondary N) is 1. The number of amides is 1. The summed E-state index contributed by atoms with van der Waals surface area (Å²) >= 11 is 0. The second-order valence-electron chi connectivity index (χ2n) is 4.94. The lowest BCUT2D eigenvalue weighted by Gasteiger charge is -2.12. The molecular formula is C14H19N5O3. The number of furan rings is 1. The molecule has 0 atom stereocenters. The fourth-order valence-electron chi connectivity index (χ4n) is 1.87. The second kappa shape index (κ2) is 6.42. The predicted octanol–water partition coefficient (Wildman–Crippen LogP) is 1.09. The molecule has 0 spiro atoms. The second-order valence-corrected chi connectivity index (χ2v) is 4.94. The minimum absolute atomic E-state index is 0.169. The van der Waals surface area contributed by atoms with Crippen molar-refractivity contribution in [1.29, 1.82) is 0 Å². The van der Waals surface area contributed by atoms with Gasteiger partial charge in [-0.15, -0.1) is 0 Å². The number of aryl methyl sites for hydroxylation is 2. The van der Waals surface area contributed by atoms with E-state index >= 15 is 0 Å². The molecule has 2 aromatic heterocycles. The van der Waals surface area contributed by atoms with Crippen LogP contribution in [0.4, 0.5) is 5.95 Å². The number of aromatic nitrogens is 3. The number of carbonyl (C=O) groups excluding carboxylic acids is 1. The summed E-state index contributed by atoms with van der Waals surface area (Å²) < 4.78 is 10.4. The van der Waals surface area contributed by atoms with E-state index in [-0.39, 0.29) is 18.5 Å². The first kappa shape index (κ1) is 15.7. The Morgan fingerprint density at radius 3 is 2.59 bits per heavy atom. The number of hydrogen-bond donors (Lipinski definition) is 1. The first-order valence-electron chi connectivity index (χ1n) is 6.72. The molecular weight excluding hydrogens is 286 g/mol. The molecule has 0 aromatic carbocycles. The van der Waals surface area contributed by atoms with Gasteiger partial charge in [0.2, 0.25) is 5.95 Å². The van der Waals surface area contributed by atoms with Crippen molar-refractivity contribution in [2.75, 3.05) is 26.1 Å². The van der Waals surface area contributed by atoms with Crippen LogP contribution in [0.5, 0.6) is 6.01 Å². The Morgan fingerprint density at radius 1 is 1.32 bits per heavy atom. The highest BCUT2D eigenvalue weighted by Gasteiger charge is 2.14. The van der Waals surface area contributed by atoms with Crippen molar-refractivity contribution in [1.82, 2.24) is 20.3 Å². The molecule has 0 radical (unpaired) electrons. The Labute approximate surface area is 128 Å². The molecule has 0 aliphatic heterocycles. The molecule has 0 saturated carbocycles. The summed E-state index contributed by atoms with van der Waals surface area (Å²) in [7, 11) is 5.11. The van der Waals surface area contributed by atoms with Crippen molar-refractivity contribution in [3.05, 3.63) is 29.0 Å². The predicted molar refractivity (Wildman–Crippen MR) is 80.1 cm³/mol. The summed E-state index contributed by atoms with van der Waals surface area (Å²) in [6.07, 6.45) is 0. The van der Waals surface area contributed by atoms with Gasteiger partial charge in [0.05, 0.1) is 19.2 Å². The van der Waals surface area contributed by atoms with Gasteiger partial charge in [0, 0.05) is 14.1 Å². The Kier molecular flexibility index (Phi) is 4.59. The summed E-state index contributed by atoms with van der Waals surface area (Å²) in [5.41, 5.74) is 0.506. The molecule has 2 heterocycles. The van der Waals surface area contributed by atoms with Crippen LogP contribution in [0.1, 0.15) is 27.7 Å². The lowest BCUT2D eigenvalue weighted by atomic mass is 10.2. The van der Waals surface area contributed by atoms with Crippen molar-refractivity contribution < 1.29 is 13.9 Å². The highest BCUT2D eigenvalue weighted by molar-refractivity contribution is 5.95. The monoisotopic (exact) mass is 305 g/mol. The third-order valence-electron chi connectivity index (χ3n) is 2.92. The van der Waals surface area contributed by atoms with Gasteiger partial charge in [-0.05, 0) is 19.9 Å². The van der Waals surface area contributed by atoms with Gasteiger partial charge in [-0.3, -0.25) is 4.79 Å². The van der Waals surface area contributed by atoms with Gasteiger partial charge >= 0.3 is 6.01 Å². The Balaban J connectivity index is 2.12. The van der Waals surface area contributed by atoms with Gasteiger partial charge in [-0.1, -0.05) is 0 Å². The Bertz CT molecular complexity index is 681. The summed E-state index contributed by atoms with van der Waals surface area (Å²) in [6, 6.07) is 1.91. The normalized spacial score (nSPS) is 10.4. The minimum Gasteiger partial charge on any atom is -0.467 e. The number of hydrogen-bond acceptors (Lipinski definition) is 7. The molecule has 1 amide bonds. The number of nitrogens with zero attached hydrogens (tertiary/aromatic N) is 4. The van der Waals surface area contributed by atoms with Crippen LogP contribution in [-0.2, 0) is 6.54 Å². The first-order chi connectivity index (χ1) is 10.4. The van der Waals surface area contributed by atoms with Gasteiger partial charge in [-0.25, -0.2) is 0 Å². The summed E-state index contributed by atoms with van der Waals surface area (Å²) in [6.45, 7) is 3.71. The largest absolute Gasteiger partial charge is 0.467 e. The third kappa shape index (κ3) is 3.51. The van der Waals surface area contributed by atoms with E-state index in [4.69, 9.17) is 9.15 Å². The highest BCUT2D eigenvalue weighted by atomic mass is 16.5. The van der Waals surface area contributed by atoms with Crippen molar-refractivity contribution in [2.45, 2.75) is 20.4 Å². The molecule has 22 heavy (non-hydrogen) atoms. The SMILES string of the molecule is COc1nc(CNC(=O)c2cc(C)oc2C)nc(N(C)C)n1. The standard InChI is InChI=1S/C14H19N5O3/c1-8-6-10(9(2)22-8)12(20)15-7-11-16-13(19(3)4)18-14(17-11)21-5/h6H,7H2,1-5H3,(H,15,20). The zero-order chi connectivity index (χ0) is 16.3. The summed E-state index contributed by atoms with van der Waals surface area (Å²) in [5.74, 6) is 1.92. The molecule has 0 aliphatic rings. The van der Waals surface area contributed by atoms with Crippen LogP contribution in [0.2, 0.25) is 0 Å². The van der Waals surface area contributed by atoms with Crippen LogP contribution >= 0.6 is 0 Å². The maximum Gasteiger partial charge on any atom is 0.321 e. The van der Waals surface area contributed by atoms with Gasteiger partial charge in [0.1, 0.15) is 11.5 Å². The first-order valence-corrected chi connectivity index (χ1v) is 6.72. The molecule has 0 saturated heterocycles. The molecule has 8 nitrogen and oxygen atoms in total. The molecule has 0 fully saturated rings. The number of carbonyl (C=O) groups is 1. The molecule has 118 valence electrons. The summed E-state index contributed by atoms with van der Waals surface area (Å²) in [5, 5.41) is 2.76. The highest BCUT2D eigenvalue weighted by Crippen LogP contribution is 2.14. The summed E-state index contributed by atoms with van der Waals surface area (Å²) in [4.78, 5) is 26.4. The average Bonchev–Trinajstić information content (AvgIpc) is 2.83. The van der Waals surface area contributed by atoms with Crippen LogP contribution in [-0.4, -0.2) is 42.1 Å². The van der Waals surface area contributed by atoms with Crippen LogP contribution in [0.3, 0.4) is 0 Å². The topological polar surface area (TPSA) is 93.4 Å². The Hall–Kier alpha value is -2.64. The lowest BCUT2D eigenvalue weighted by molar-refractivity contribution is 0.0948. The molecule has 8 heteroatoms. The van der Waals surface area contributed by atoms with Crippen LogP contribution in [0.25, 0.3) is 0 Å². The third-order valence-corrected chi connectivity index (χ3v) is 2.92. The molecule has 0 bridgehead atoms. The van der Waals surface area contributed by atoms with Crippen molar-refractivity contribution in [2.24, 2.45) is 0 Å². The van der Waals surface area contributed by atoms with E-state index in [2.05, 4.69) is 20.3 Å². The van der Waals surface area contributed by atoms with Crippen LogP contribution in [0.15, 0.2) is 10.5 Å². The fourth-order valence-corrected chi connectivity index (χ4v) is 1.87. The van der Waals surface area contributed by atoms with E-state index in [9.17, 15) is 4.79 Å². The van der Waals surface area contributed by atoms with Gasteiger partial charge in [0.25, 0.3) is 5.91 Å². The van der Waals surface area contributed by atoms with E-state index in [0.29, 0.717) is 28.9 Å². The van der Waals surface area contributed by atoms with Crippen molar-refractivity contribution in [3.63, 3.8) is 0 Å². The van der Waals surface area contributed by atoms with Crippen LogP contribution < -0.4 is 15.0 Å². The molecule has 2 rings (SSSR count). The minimum atomic E-state index is -0.236. The number of methoxy groups -OCH3 is 1. The lowest BCUT2D eigenvalue weighted by Crippen LogP contribution is -2.25. The van der Waals surface area contributed by atoms with E-state index in [1.165, 1.54) is 7.11 Å². The molecule has 0 unspecified atom stereocenters. The van der Waals surface area contributed by atoms with Crippen LogP contribution in [0, 0.1) is 13.8 Å². The molecule has 2 aromatic rings.